The Morgan fingerprint density at radius 1 is 0.849 bits per heavy atom. The van der Waals surface area contributed by atoms with Crippen LogP contribution in [0.3, 0.4) is 0 Å². The number of nitrogens with zero attached hydrogens (tertiary/aromatic N) is 4. The average Bonchev–Trinajstić information content (AvgIpc) is 4.03. The summed E-state index contributed by atoms with van der Waals surface area (Å²) in [7, 11) is 0. The molecule has 2 aliphatic rings. The van der Waals surface area contributed by atoms with Crippen LogP contribution < -0.4 is 10.2 Å². The summed E-state index contributed by atoms with van der Waals surface area (Å²) < 4.78 is 5.87. The Bertz CT molecular complexity index is 2310. The van der Waals surface area contributed by atoms with Crippen LogP contribution in [0, 0.1) is 0 Å². The molecule has 1 unspecified atom stereocenters. The van der Waals surface area contributed by atoms with E-state index < -0.39 is 34.5 Å². The molecule has 12 nitrogen and oxygen atoms in total. The van der Waals surface area contributed by atoms with Gasteiger partial charge in [0.15, 0.2) is 24.0 Å². The fourth-order valence-electron chi connectivity index (χ4n) is 7.98. The van der Waals surface area contributed by atoms with E-state index in [-0.39, 0.29) is 11.9 Å². The van der Waals surface area contributed by atoms with E-state index in [0.29, 0.717) is 71.3 Å². The van der Waals surface area contributed by atoms with Crippen LogP contribution in [-0.2, 0) is 14.4 Å². The van der Waals surface area contributed by atoms with Gasteiger partial charge in [-0.1, -0.05) is 66.7 Å². The number of aromatic amines is 1. The zero-order chi connectivity index (χ0) is 36.7. The molecule has 2 aromatic heterocycles. The Hall–Kier alpha value is -5.95. The molecule has 4 aromatic carbocycles. The summed E-state index contributed by atoms with van der Waals surface area (Å²) in [6, 6.07) is 29.3. The molecule has 0 aliphatic carbocycles. The number of fused-ring (bicyclic) bond motifs is 1. The predicted molar refractivity (Wildman–Crippen MR) is 197 cm³/mol. The third kappa shape index (κ3) is 6.10. The number of quaternary nitrogens is 1. The second-order valence-electron chi connectivity index (χ2n) is 13.7. The number of benzene rings is 4. The van der Waals surface area contributed by atoms with E-state index in [0.717, 1.165) is 23.9 Å². The first-order valence-corrected chi connectivity index (χ1v) is 17.8. The van der Waals surface area contributed by atoms with Crippen molar-refractivity contribution in [3.63, 3.8) is 0 Å². The lowest BCUT2D eigenvalue weighted by Crippen LogP contribution is -2.63. The molecule has 12 heteroatoms. The molecule has 5 atom stereocenters. The number of carbonyl (C=O) groups is 3. The number of imidazole rings is 1. The van der Waals surface area contributed by atoms with E-state index in [1.165, 1.54) is 0 Å². The number of nitrogens with two attached hydrogens (primary N) is 1. The van der Waals surface area contributed by atoms with Crippen molar-refractivity contribution in [2.45, 2.75) is 50.0 Å². The van der Waals surface area contributed by atoms with Crippen LogP contribution >= 0.6 is 0 Å². The van der Waals surface area contributed by atoms with Crippen molar-refractivity contribution in [2.24, 2.45) is 5.73 Å². The minimum Gasteiger partial charge on any atom is -0.436 e. The SMILES string of the molecule is NC(=O)[C@@H]1CCC[N+]1(C(=O)[C@H](O)c1ccccc1)c1cccc(-c2ncc(-c3ccc4[nH]c([C@@H]5CCCN5C(=O)[C@H](O)c5ccccc5)nc4c3)o2)c1. The fraction of sp³-hybridized carbons (Fsp3) is 0.244. The van der Waals surface area contributed by atoms with Crippen molar-refractivity contribution in [3.05, 3.63) is 126 Å². The molecule has 53 heavy (non-hydrogen) atoms. The summed E-state index contributed by atoms with van der Waals surface area (Å²) in [6.07, 6.45) is 1.44. The number of oxazole rings is 1. The molecule has 2 aliphatic heterocycles. The highest BCUT2D eigenvalue weighted by molar-refractivity contribution is 5.99. The Labute approximate surface area is 305 Å². The quantitative estimate of drug-likeness (QED) is 0.142. The van der Waals surface area contributed by atoms with E-state index in [1.54, 1.807) is 83.9 Å². The zero-order valence-electron chi connectivity index (χ0n) is 28.8. The summed E-state index contributed by atoms with van der Waals surface area (Å²) in [4.78, 5) is 54.8. The maximum absolute atomic E-state index is 14.2. The highest BCUT2D eigenvalue weighted by Gasteiger charge is 2.55. The molecule has 0 saturated carbocycles. The molecular formula is C41H39N6O6+. The number of primary amides is 1. The van der Waals surface area contributed by atoms with Crippen molar-refractivity contribution in [1.82, 2.24) is 24.3 Å². The van der Waals surface area contributed by atoms with Gasteiger partial charge in [0.25, 0.3) is 11.8 Å². The molecule has 6 aromatic rings. The second kappa shape index (κ2) is 13.9. The molecule has 0 radical (unpaired) electrons. The van der Waals surface area contributed by atoms with Crippen molar-refractivity contribution in [2.75, 3.05) is 13.1 Å². The monoisotopic (exact) mass is 711 g/mol. The number of aliphatic hydroxyl groups is 2. The van der Waals surface area contributed by atoms with E-state index in [2.05, 4.69) is 9.97 Å². The van der Waals surface area contributed by atoms with Crippen LogP contribution in [0.15, 0.2) is 114 Å². The van der Waals surface area contributed by atoms with Gasteiger partial charge in [0, 0.05) is 36.6 Å². The molecule has 3 amide bonds. The highest BCUT2D eigenvalue weighted by Crippen LogP contribution is 2.40. The van der Waals surface area contributed by atoms with Gasteiger partial charge in [-0.3, -0.25) is 9.59 Å². The lowest BCUT2D eigenvalue weighted by atomic mass is 10.0. The second-order valence-corrected chi connectivity index (χ2v) is 13.7. The van der Waals surface area contributed by atoms with Crippen molar-refractivity contribution < 1.29 is 29.0 Å². The topological polar surface area (TPSA) is 176 Å². The van der Waals surface area contributed by atoms with Gasteiger partial charge in [-0.05, 0) is 54.3 Å². The number of aliphatic hydroxyl groups excluding tert-OH is 2. The minimum absolute atomic E-state index is 0.294. The first-order chi connectivity index (χ1) is 25.7. The largest absolute Gasteiger partial charge is 0.436 e. The third-order valence-electron chi connectivity index (χ3n) is 10.6. The standard InChI is InChI=1S/C41H38N6O6/c42-37(50)33-17-9-21-47(33,41(52)36(49)26-12-5-2-6-13-26)29-15-7-14-28(22-29)39-43-24-34(53-39)27-18-19-30-31(23-27)45-38(44-30)32-16-8-20-46(32)40(51)35(48)25-10-3-1-4-11-25/h1-7,10-15,18-19,22-24,32-33,35-36,48-49H,8-9,16-17,20-21H2,(H2-,42,44,45,50)/p+1/t32-,33-,35+,36+,47?/m0/s1. The number of aromatic nitrogens is 3. The van der Waals surface area contributed by atoms with Gasteiger partial charge in [-0.2, -0.15) is 0 Å². The van der Waals surface area contributed by atoms with Gasteiger partial charge < -0.3 is 30.2 Å². The minimum atomic E-state index is -1.45. The number of H-pyrrole nitrogens is 1. The summed E-state index contributed by atoms with van der Waals surface area (Å²) in [5.74, 6) is -0.0150. The van der Waals surface area contributed by atoms with Crippen LogP contribution in [-0.4, -0.2) is 66.9 Å². The number of rotatable bonds is 9. The van der Waals surface area contributed by atoms with Gasteiger partial charge in [0.05, 0.1) is 29.8 Å². The van der Waals surface area contributed by atoms with Crippen molar-refractivity contribution >= 4 is 34.4 Å². The Morgan fingerprint density at radius 3 is 2.32 bits per heavy atom. The zero-order valence-corrected chi connectivity index (χ0v) is 28.8. The Kier molecular flexibility index (Phi) is 8.95. The molecular weight excluding hydrogens is 672 g/mol. The lowest BCUT2D eigenvalue weighted by Gasteiger charge is -2.37. The van der Waals surface area contributed by atoms with Gasteiger partial charge in [-0.25, -0.2) is 19.2 Å². The predicted octanol–water partition coefficient (Wildman–Crippen LogP) is 5.50. The molecule has 8 rings (SSSR count). The van der Waals surface area contributed by atoms with E-state index in [1.807, 2.05) is 30.3 Å². The first kappa shape index (κ1) is 34.2. The number of nitrogens with one attached hydrogen (secondary N) is 1. The van der Waals surface area contributed by atoms with Crippen LogP contribution in [0.1, 0.15) is 60.9 Å². The number of hydrogen-bond acceptors (Lipinski definition) is 8. The summed E-state index contributed by atoms with van der Waals surface area (Å²) in [5, 5.41) is 22.1. The number of carbonyl (C=O) groups excluding carboxylic acids is 3. The average molecular weight is 712 g/mol. The smallest absolute Gasteiger partial charge is 0.352 e. The van der Waals surface area contributed by atoms with Crippen LogP contribution in [0.25, 0.3) is 33.8 Å². The van der Waals surface area contributed by atoms with E-state index in [4.69, 9.17) is 15.1 Å². The molecule has 0 bridgehead atoms. The van der Waals surface area contributed by atoms with Gasteiger partial charge in [0.1, 0.15) is 11.5 Å². The molecule has 2 saturated heterocycles. The van der Waals surface area contributed by atoms with E-state index in [9.17, 15) is 24.6 Å². The highest BCUT2D eigenvalue weighted by atomic mass is 16.4. The first-order valence-electron chi connectivity index (χ1n) is 17.8. The maximum Gasteiger partial charge on any atom is 0.352 e. The number of amides is 3. The Balaban J connectivity index is 1.06. The maximum atomic E-state index is 14.2. The van der Waals surface area contributed by atoms with E-state index >= 15 is 0 Å². The third-order valence-corrected chi connectivity index (χ3v) is 10.6. The number of likely N-dealkylation sites (tertiary alicyclic amines) is 2. The molecule has 268 valence electrons. The molecule has 0 spiro atoms. The van der Waals surface area contributed by atoms with Crippen LogP contribution in [0.4, 0.5) is 5.69 Å². The molecule has 2 fully saturated rings. The van der Waals surface area contributed by atoms with Crippen LogP contribution in [0.2, 0.25) is 0 Å². The normalized spacial score (nSPS) is 21.1. The number of hydrogen-bond donors (Lipinski definition) is 4. The van der Waals surface area contributed by atoms with Crippen LogP contribution in [0.5, 0.6) is 0 Å². The fourth-order valence-corrected chi connectivity index (χ4v) is 7.98. The Morgan fingerprint density at radius 2 is 1.58 bits per heavy atom. The van der Waals surface area contributed by atoms with Gasteiger partial charge >= 0.3 is 5.91 Å². The van der Waals surface area contributed by atoms with Gasteiger partial charge in [0.2, 0.25) is 5.89 Å². The molecule has 5 N–H and O–H groups in total. The van der Waals surface area contributed by atoms with Gasteiger partial charge in [-0.15, -0.1) is 0 Å². The van der Waals surface area contributed by atoms with Crippen molar-refractivity contribution in [1.29, 1.82) is 0 Å². The summed E-state index contributed by atoms with van der Waals surface area (Å²) >= 11 is 0. The molecule has 4 heterocycles. The van der Waals surface area contributed by atoms with Crippen molar-refractivity contribution in [3.8, 4) is 22.8 Å². The summed E-state index contributed by atoms with van der Waals surface area (Å²) in [5.41, 5.74) is 10.2. The summed E-state index contributed by atoms with van der Waals surface area (Å²) in [6.45, 7) is 0.839. The lowest BCUT2D eigenvalue weighted by molar-refractivity contribution is -0.143.